The first-order valence-electron chi connectivity index (χ1n) is 11.4. The monoisotopic (exact) mass is 499 g/mol. The number of ketones is 1. The van der Waals surface area contributed by atoms with Gasteiger partial charge in [-0.25, -0.2) is 0 Å². The molecule has 1 aliphatic rings. The van der Waals surface area contributed by atoms with Crippen LogP contribution in [-0.2, 0) is 9.59 Å². The zero-order valence-corrected chi connectivity index (χ0v) is 21.7. The second-order valence-corrected chi connectivity index (χ2v) is 8.29. The third-order valence-corrected chi connectivity index (χ3v) is 6.54. The average molecular weight is 500 g/mol. The highest BCUT2D eigenvalue weighted by Gasteiger charge is 2.44. The van der Waals surface area contributed by atoms with Crippen molar-refractivity contribution < 1.29 is 38.0 Å². The Morgan fingerprint density at radius 2 is 1.22 bits per heavy atom. The van der Waals surface area contributed by atoms with Crippen molar-refractivity contribution in [2.24, 2.45) is 5.92 Å². The zero-order valence-electron chi connectivity index (χ0n) is 21.7. The second kappa shape index (κ2) is 11.2. The smallest absolute Gasteiger partial charge is 0.247 e. The van der Waals surface area contributed by atoms with E-state index in [1.165, 1.54) is 48.7 Å². The summed E-state index contributed by atoms with van der Waals surface area (Å²) >= 11 is 0. The predicted molar refractivity (Wildman–Crippen MR) is 134 cm³/mol. The third kappa shape index (κ3) is 4.65. The van der Waals surface area contributed by atoms with Gasteiger partial charge >= 0.3 is 0 Å². The molecule has 2 aromatic rings. The minimum atomic E-state index is -0.630. The van der Waals surface area contributed by atoms with Crippen LogP contribution in [0.3, 0.4) is 0 Å². The molecule has 36 heavy (non-hydrogen) atoms. The Balaban J connectivity index is 2.26. The van der Waals surface area contributed by atoms with E-state index in [0.717, 1.165) is 0 Å². The molecule has 1 amide bonds. The van der Waals surface area contributed by atoms with Gasteiger partial charge in [-0.05, 0) is 41.5 Å². The van der Waals surface area contributed by atoms with Crippen LogP contribution in [0.2, 0.25) is 0 Å². The van der Waals surface area contributed by atoms with Crippen LogP contribution in [-0.4, -0.2) is 59.2 Å². The molecule has 3 unspecified atom stereocenters. The molecule has 1 fully saturated rings. The van der Waals surface area contributed by atoms with E-state index in [4.69, 9.17) is 28.4 Å². The average Bonchev–Trinajstić information content (AvgIpc) is 2.91. The van der Waals surface area contributed by atoms with Gasteiger partial charge in [0, 0.05) is 12.3 Å². The molecule has 0 aliphatic carbocycles. The summed E-state index contributed by atoms with van der Waals surface area (Å²) in [6.45, 7) is 5.52. The van der Waals surface area contributed by atoms with Crippen molar-refractivity contribution in [3.8, 4) is 34.5 Å². The van der Waals surface area contributed by atoms with E-state index >= 15 is 0 Å². The van der Waals surface area contributed by atoms with Crippen molar-refractivity contribution in [1.82, 2.24) is 4.90 Å². The number of rotatable bonds is 9. The Bertz CT molecular complexity index is 1090. The second-order valence-electron chi connectivity index (χ2n) is 8.29. The highest BCUT2D eigenvalue weighted by atomic mass is 16.5. The number of amides is 1. The summed E-state index contributed by atoms with van der Waals surface area (Å²) in [6, 6.07) is 5.79. The summed E-state index contributed by atoms with van der Waals surface area (Å²) in [5, 5.41) is 0. The van der Waals surface area contributed by atoms with E-state index in [9.17, 15) is 9.59 Å². The topological polar surface area (TPSA) is 92.8 Å². The van der Waals surface area contributed by atoms with Crippen LogP contribution in [0.5, 0.6) is 34.5 Å². The highest BCUT2D eigenvalue weighted by molar-refractivity contribution is 5.92. The Morgan fingerprint density at radius 1 is 0.806 bits per heavy atom. The molecule has 0 aromatic heterocycles. The van der Waals surface area contributed by atoms with E-state index in [1.54, 1.807) is 29.2 Å². The first-order valence-corrected chi connectivity index (χ1v) is 11.4. The molecule has 3 atom stereocenters. The van der Waals surface area contributed by atoms with Crippen LogP contribution >= 0.6 is 0 Å². The molecule has 1 aliphatic heterocycles. The maximum absolute atomic E-state index is 13.4. The molecule has 2 aromatic carbocycles. The number of Topliss-reactive ketones (excluding diaryl/α,β-unsaturated/α-hetero) is 1. The van der Waals surface area contributed by atoms with E-state index < -0.39 is 18.0 Å². The molecule has 3 rings (SSSR count). The Hall–Kier alpha value is -3.88. The maximum atomic E-state index is 13.4. The van der Waals surface area contributed by atoms with Crippen LogP contribution in [0.15, 0.2) is 36.9 Å². The number of ether oxygens (including phenoxy) is 6. The number of piperidine rings is 1. The highest BCUT2D eigenvalue weighted by Crippen LogP contribution is 2.49. The maximum Gasteiger partial charge on any atom is 0.247 e. The van der Waals surface area contributed by atoms with Crippen LogP contribution in [0, 0.1) is 5.92 Å². The Kier molecular flexibility index (Phi) is 8.34. The molecule has 0 saturated carbocycles. The molecular formula is C27H33NO8. The minimum absolute atomic E-state index is 0.000570. The van der Waals surface area contributed by atoms with Crippen molar-refractivity contribution in [3.05, 3.63) is 48.0 Å². The summed E-state index contributed by atoms with van der Waals surface area (Å²) in [5.41, 5.74) is 1.33. The van der Waals surface area contributed by atoms with Gasteiger partial charge in [0.05, 0.1) is 54.7 Å². The Morgan fingerprint density at radius 3 is 1.58 bits per heavy atom. The number of hydrogen-bond donors (Lipinski definition) is 0. The lowest BCUT2D eigenvalue weighted by Crippen LogP contribution is -2.47. The summed E-state index contributed by atoms with van der Waals surface area (Å²) in [5.74, 6) is 1.70. The summed E-state index contributed by atoms with van der Waals surface area (Å²) in [6.07, 6.45) is 1.36. The molecule has 0 spiro atoms. The van der Waals surface area contributed by atoms with Gasteiger partial charge in [-0.2, -0.15) is 0 Å². The molecule has 9 nitrogen and oxygen atoms in total. The number of methoxy groups -OCH3 is 6. The number of benzene rings is 2. The van der Waals surface area contributed by atoms with Gasteiger partial charge in [-0.3, -0.25) is 9.59 Å². The van der Waals surface area contributed by atoms with Crippen molar-refractivity contribution in [2.75, 3.05) is 42.7 Å². The first kappa shape index (κ1) is 26.7. The molecule has 194 valence electrons. The van der Waals surface area contributed by atoms with Gasteiger partial charge < -0.3 is 33.3 Å². The van der Waals surface area contributed by atoms with E-state index in [1.807, 2.05) is 6.92 Å². The number of hydrogen-bond acceptors (Lipinski definition) is 8. The van der Waals surface area contributed by atoms with Crippen molar-refractivity contribution in [2.45, 2.75) is 25.4 Å². The number of likely N-dealkylation sites (tertiary alicyclic amines) is 1. The largest absolute Gasteiger partial charge is 0.493 e. The fourth-order valence-corrected chi connectivity index (χ4v) is 4.78. The number of carbonyl (C=O) groups excluding carboxylic acids is 2. The quantitative estimate of drug-likeness (QED) is 0.475. The molecule has 0 N–H and O–H groups in total. The molecule has 0 bridgehead atoms. The van der Waals surface area contributed by atoms with Crippen LogP contribution in [0.1, 0.15) is 36.6 Å². The van der Waals surface area contributed by atoms with Gasteiger partial charge in [-0.1, -0.05) is 13.5 Å². The minimum Gasteiger partial charge on any atom is -0.493 e. The molecule has 1 saturated heterocycles. The lowest BCUT2D eigenvalue weighted by molar-refractivity contribution is -0.143. The number of nitrogens with zero attached hydrogens (tertiary/aromatic N) is 1. The zero-order chi connectivity index (χ0) is 26.6. The van der Waals surface area contributed by atoms with Gasteiger partial charge in [-0.15, -0.1) is 0 Å². The van der Waals surface area contributed by atoms with Crippen molar-refractivity contribution >= 4 is 11.7 Å². The Labute approximate surface area is 211 Å². The van der Waals surface area contributed by atoms with Crippen molar-refractivity contribution in [1.29, 1.82) is 0 Å². The molecule has 0 radical (unpaired) electrons. The van der Waals surface area contributed by atoms with Gasteiger partial charge in [0.2, 0.25) is 17.4 Å². The van der Waals surface area contributed by atoms with Crippen molar-refractivity contribution in [3.63, 3.8) is 0 Å². The third-order valence-electron chi connectivity index (χ3n) is 6.54. The summed E-state index contributed by atoms with van der Waals surface area (Å²) < 4.78 is 33.0. The molecule has 9 heteroatoms. The van der Waals surface area contributed by atoms with Crippen LogP contribution in [0.4, 0.5) is 0 Å². The van der Waals surface area contributed by atoms with Crippen LogP contribution < -0.4 is 28.4 Å². The number of carbonyl (C=O) groups is 2. The fraction of sp³-hybridized carbons (Fsp3) is 0.407. The predicted octanol–water partition coefficient (Wildman–Crippen LogP) is 4.14. The standard InChI is InChI=1S/C27H33NO8/c1-9-24(30)28-18(16-10-20(31-3)26(35-7)21(11-16)32-4)14-19(29)15(2)25(28)17-12-22(33-5)27(36-8)23(13-17)34-6/h9-13,15,18,25H,1,14H2,2-8H3. The molecule has 1 heterocycles. The van der Waals surface area contributed by atoms with Gasteiger partial charge in [0.25, 0.3) is 0 Å². The van der Waals surface area contributed by atoms with E-state index in [0.29, 0.717) is 45.6 Å². The van der Waals surface area contributed by atoms with Crippen LogP contribution in [0.25, 0.3) is 0 Å². The van der Waals surface area contributed by atoms with Gasteiger partial charge in [0.1, 0.15) is 5.78 Å². The van der Waals surface area contributed by atoms with Gasteiger partial charge in [0.15, 0.2) is 23.0 Å². The fourth-order valence-electron chi connectivity index (χ4n) is 4.78. The lowest BCUT2D eigenvalue weighted by Gasteiger charge is -2.45. The SMILES string of the molecule is C=CC(=O)N1C(c2cc(OC)c(OC)c(OC)c2)CC(=O)C(C)C1c1cc(OC)c(OC)c(OC)c1. The van der Waals surface area contributed by atoms with E-state index in [2.05, 4.69) is 6.58 Å². The summed E-state index contributed by atoms with van der Waals surface area (Å²) in [4.78, 5) is 28.4. The first-order chi connectivity index (χ1) is 17.3. The van der Waals surface area contributed by atoms with E-state index in [-0.39, 0.29) is 18.1 Å². The summed E-state index contributed by atoms with van der Waals surface area (Å²) in [7, 11) is 9.09. The molecular weight excluding hydrogens is 466 g/mol. The normalized spacial score (nSPS) is 19.4. The lowest BCUT2D eigenvalue weighted by atomic mass is 9.79.